The van der Waals surface area contributed by atoms with Gasteiger partial charge in [0.25, 0.3) is 10.0 Å². The van der Waals surface area contributed by atoms with Crippen LogP contribution in [0.25, 0.3) is 0 Å². The summed E-state index contributed by atoms with van der Waals surface area (Å²) in [5.41, 5.74) is 1.14. The Kier molecular flexibility index (Phi) is 5.41. The monoisotopic (exact) mass is 411 g/mol. The Morgan fingerprint density at radius 2 is 1.66 bits per heavy atom. The fraction of sp³-hybridized carbons (Fsp3) is 0.364. The molecule has 0 atom stereocenters. The lowest BCUT2D eigenvalue weighted by Crippen LogP contribution is -2.30. The third kappa shape index (κ3) is 4.34. The van der Waals surface area contributed by atoms with Crippen molar-refractivity contribution >= 4 is 27.5 Å². The first-order valence-corrected chi connectivity index (χ1v) is 11.5. The van der Waals surface area contributed by atoms with E-state index in [2.05, 4.69) is 15.0 Å². The molecule has 0 radical (unpaired) electrons. The van der Waals surface area contributed by atoms with Gasteiger partial charge in [-0.25, -0.2) is 8.42 Å². The van der Waals surface area contributed by atoms with Crippen molar-refractivity contribution in [3.05, 3.63) is 60.2 Å². The number of aliphatic imine (C=N–C) groups is 1. The number of nitrogens with one attached hydrogen (secondary N) is 2. The van der Waals surface area contributed by atoms with Crippen LogP contribution in [0.4, 0.5) is 5.69 Å². The van der Waals surface area contributed by atoms with E-state index in [1.165, 1.54) is 12.1 Å². The molecule has 0 saturated heterocycles. The Bertz CT molecular complexity index is 1010. The lowest BCUT2D eigenvalue weighted by Gasteiger charge is -2.16. The molecule has 2 aromatic carbocycles. The SMILES string of the molecule is O=C(Nc1ccc(S(=O)(=O)NC2=NCCCCC2)cc1)C1(c2ccccc2)CC1. The largest absolute Gasteiger partial charge is 0.325 e. The standard InChI is InChI=1S/C22H25N3O3S/c26-21(22(14-15-22)17-7-3-1-4-8-17)24-18-10-12-19(13-11-18)29(27,28)25-20-9-5-2-6-16-23-20/h1,3-4,7-8,10-13H,2,5-6,9,14-16H2,(H,23,25)(H,24,26). The van der Waals surface area contributed by atoms with E-state index in [4.69, 9.17) is 0 Å². The number of amides is 1. The third-order valence-corrected chi connectivity index (χ3v) is 6.96. The Labute approximate surface area is 171 Å². The lowest BCUT2D eigenvalue weighted by atomic mass is 9.95. The van der Waals surface area contributed by atoms with Crippen LogP contribution >= 0.6 is 0 Å². The molecule has 0 unspecified atom stereocenters. The van der Waals surface area contributed by atoms with Crippen LogP contribution in [-0.4, -0.2) is 26.7 Å². The molecular weight excluding hydrogens is 386 g/mol. The smallest absolute Gasteiger partial charge is 0.262 e. The fourth-order valence-corrected chi connectivity index (χ4v) is 4.76. The van der Waals surface area contributed by atoms with Crippen molar-refractivity contribution in [3.8, 4) is 0 Å². The molecule has 152 valence electrons. The summed E-state index contributed by atoms with van der Waals surface area (Å²) in [5, 5.41) is 2.93. The highest BCUT2D eigenvalue weighted by Gasteiger charge is 2.51. The zero-order valence-corrected chi connectivity index (χ0v) is 17.0. The summed E-state index contributed by atoms with van der Waals surface area (Å²) in [4.78, 5) is 17.3. The van der Waals surface area contributed by atoms with Crippen LogP contribution in [0.1, 0.15) is 44.1 Å². The zero-order valence-electron chi connectivity index (χ0n) is 16.2. The minimum Gasteiger partial charge on any atom is -0.325 e. The van der Waals surface area contributed by atoms with Crippen molar-refractivity contribution in [1.82, 2.24) is 4.72 Å². The molecule has 2 aromatic rings. The molecule has 0 bridgehead atoms. The first-order chi connectivity index (χ1) is 14.0. The van der Waals surface area contributed by atoms with Gasteiger partial charge in [0.15, 0.2) is 0 Å². The summed E-state index contributed by atoms with van der Waals surface area (Å²) in [6.45, 7) is 0.659. The van der Waals surface area contributed by atoms with Gasteiger partial charge in [0.2, 0.25) is 5.91 Å². The summed E-state index contributed by atoms with van der Waals surface area (Å²) in [7, 11) is -3.67. The second kappa shape index (κ2) is 7.99. The molecule has 2 aliphatic rings. The highest BCUT2D eigenvalue weighted by Crippen LogP contribution is 2.48. The summed E-state index contributed by atoms with van der Waals surface area (Å²) in [5.74, 6) is 0.476. The molecule has 29 heavy (non-hydrogen) atoms. The summed E-state index contributed by atoms with van der Waals surface area (Å²) < 4.78 is 27.8. The van der Waals surface area contributed by atoms with Crippen LogP contribution in [0.2, 0.25) is 0 Å². The quantitative estimate of drug-likeness (QED) is 0.788. The summed E-state index contributed by atoms with van der Waals surface area (Å²) in [6, 6.07) is 16.0. The summed E-state index contributed by atoms with van der Waals surface area (Å²) in [6.07, 6.45) is 5.28. The van der Waals surface area contributed by atoms with Crippen molar-refractivity contribution in [2.75, 3.05) is 11.9 Å². The molecule has 1 saturated carbocycles. The fourth-order valence-electron chi connectivity index (χ4n) is 3.67. The molecule has 1 aliphatic carbocycles. The number of sulfonamides is 1. The Balaban J connectivity index is 1.44. The Morgan fingerprint density at radius 1 is 0.931 bits per heavy atom. The number of benzene rings is 2. The molecule has 4 rings (SSSR count). The molecular formula is C22H25N3O3S. The normalized spacial score (nSPS) is 18.3. The molecule has 2 N–H and O–H groups in total. The van der Waals surface area contributed by atoms with Gasteiger partial charge in [-0.2, -0.15) is 0 Å². The van der Waals surface area contributed by atoms with Crippen molar-refractivity contribution in [1.29, 1.82) is 0 Å². The number of carbonyl (C=O) groups is 1. The van der Waals surface area contributed by atoms with Gasteiger partial charge < -0.3 is 5.32 Å². The van der Waals surface area contributed by atoms with E-state index in [-0.39, 0.29) is 10.8 Å². The van der Waals surface area contributed by atoms with Crippen molar-refractivity contribution in [2.24, 2.45) is 4.99 Å². The van der Waals surface area contributed by atoms with E-state index in [1.807, 2.05) is 30.3 Å². The Hall–Kier alpha value is -2.67. The maximum Gasteiger partial charge on any atom is 0.262 e. The minimum atomic E-state index is -3.67. The first kappa shape index (κ1) is 19.6. The molecule has 0 spiro atoms. The number of hydrogen-bond donors (Lipinski definition) is 2. The van der Waals surface area contributed by atoms with E-state index in [1.54, 1.807) is 12.1 Å². The highest BCUT2D eigenvalue weighted by atomic mass is 32.2. The number of nitrogens with zero attached hydrogens (tertiary/aromatic N) is 1. The number of hydrogen-bond acceptors (Lipinski definition) is 4. The van der Waals surface area contributed by atoms with Crippen molar-refractivity contribution in [3.63, 3.8) is 0 Å². The molecule has 7 heteroatoms. The van der Waals surface area contributed by atoms with Crippen molar-refractivity contribution < 1.29 is 13.2 Å². The molecule has 1 fully saturated rings. The van der Waals surface area contributed by atoms with Crippen LogP contribution in [-0.2, 0) is 20.2 Å². The van der Waals surface area contributed by atoms with Crippen LogP contribution in [0, 0.1) is 0 Å². The van der Waals surface area contributed by atoms with E-state index >= 15 is 0 Å². The Morgan fingerprint density at radius 3 is 2.34 bits per heavy atom. The maximum absolute atomic E-state index is 12.8. The average molecular weight is 412 g/mol. The van der Waals surface area contributed by atoms with Gasteiger partial charge in [-0.3, -0.25) is 14.5 Å². The van der Waals surface area contributed by atoms with Gasteiger partial charge in [0.1, 0.15) is 5.84 Å². The van der Waals surface area contributed by atoms with E-state index in [0.717, 1.165) is 37.7 Å². The predicted molar refractivity (Wildman–Crippen MR) is 114 cm³/mol. The van der Waals surface area contributed by atoms with Gasteiger partial charge in [0.05, 0.1) is 10.3 Å². The molecule has 6 nitrogen and oxygen atoms in total. The molecule has 0 aromatic heterocycles. The molecule has 1 aliphatic heterocycles. The zero-order chi connectivity index (χ0) is 20.3. The van der Waals surface area contributed by atoms with Gasteiger partial charge in [-0.15, -0.1) is 0 Å². The maximum atomic E-state index is 12.8. The topological polar surface area (TPSA) is 87.6 Å². The van der Waals surface area contributed by atoms with Gasteiger partial charge in [-0.1, -0.05) is 36.8 Å². The highest BCUT2D eigenvalue weighted by molar-refractivity contribution is 7.90. The van der Waals surface area contributed by atoms with E-state index in [0.29, 0.717) is 24.5 Å². The number of amidine groups is 1. The van der Waals surface area contributed by atoms with E-state index in [9.17, 15) is 13.2 Å². The van der Waals surface area contributed by atoms with E-state index < -0.39 is 15.4 Å². The molecule has 1 amide bonds. The van der Waals surface area contributed by atoms with Gasteiger partial charge >= 0.3 is 0 Å². The van der Waals surface area contributed by atoms with Crippen LogP contribution in [0.3, 0.4) is 0 Å². The van der Waals surface area contributed by atoms with Gasteiger partial charge in [-0.05, 0) is 55.5 Å². The lowest BCUT2D eigenvalue weighted by molar-refractivity contribution is -0.118. The van der Waals surface area contributed by atoms with Crippen LogP contribution < -0.4 is 10.0 Å². The van der Waals surface area contributed by atoms with Crippen molar-refractivity contribution in [2.45, 2.75) is 48.8 Å². The van der Waals surface area contributed by atoms with Crippen LogP contribution in [0.15, 0.2) is 64.5 Å². The second-order valence-corrected chi connectivity index (χ2v) is 9.35. The average Bonchev–Trinajstić information content (AvgIpc) is 3.55. The third-order valence-electron chi connectivity index (χ3n) is 5.56. The minimum absolute atomic E-state index is 0.0507. The summed E-state index contributed by atoms with van der Waals surface area (Å²) >= 11 is 0. The number of rotatable bonds is 5. The predicted octanol–water partition coefficient (Wildman–Crippen LogP) is 3.61. The van der Waals surface area contributed by atoms with Crippen LogP contribution in [0.5, 0.6) is 0 Å². The second-order valence-electron chi connectivity index (χ2n) is 7.67. The van der Waals surface area contributed by atoms with Gasteiger partial charge in [0, 0.05) is 18.7 Å². The number of carbonyl (C=O) groups excluding carboxylic acids is 1. The number of anilines is 1. The first-order valence-electron chi connectivity index (χ1n) is 10.0. The molecule has 1 heterocycles.